The standard InChI is InChI=1S/C21H40N4.HI/c1-4-22-20(25-13-11-21(17-25)9-5-6-10-21)23-14-19-8-7-12-24(16-19)15-18(2)3;/h18-19H,4-17H2,1-3H3,(H,22,23);1H. The third-order valence-electron chi connectivity index (χ3n) is 6.46. The molecule has 0 amide bonds. The summed E-state index contributed by atoms with van der Waals surface area (Å²) in [4.78, 5) is 10.3. The van der Waals surface area contributed by atoms with Gasteiger partial charge in [-0.1, -0.05) is 26.7 Å². The number of hydrogen-bond donors (Lipinski definition) is 1. The van der Waals surface area contributed by atoms with Gasteiger partial charge in [0.05, 0.1) is 0 Å². The minimum atomic E-state index is 0. The molecule has 1 spiro atoms. The molecule has 3 fully saturated rings. The molecule has 5 heteroatoms. The van der Waals surface area contributed by atoms with Crippen LogP contribution in [0.5, 0.6) is 0 Å². The molecule has 26 heavy (non-hydrogen) atoms. The molecule has 1 saturated carbocycles. The zero-order chi connectivity index (χ0) is 17.7. The average Bonchev–Trinajstić information content (AvgIpc) is 3.21. The molecule has 1 unspecified atom stereocenters. The van der Waals surface area contributed by atoms with Crippen molar-refractivity contribution in [2.75, 3.05) is 45.8 Å². The molecule has 3 aliphatic rings. The molecule has 0 aromatic rings. The van der Waals surface area contributed by atoms with E-state index in [1.807, 2.05) is 0 Å². The molecular weight excluding hydrogens is 435 g/mol. The first-order valence-electron chi connectivity index (χ1n) is 10.9. The third-order valence-corrected chi connectivity index (χ3v) is 6.46. The Balaban J connectivity index is 0.00000243. The van der Waals surface area contributed by atoms with Crippen LogP contribution in [0.15, 0.2) is 4.99 Å². The van der Waals surface area contributed by atoms with E-state index in [9.17, 15) is 0 Å². The number of nitrogens with one attached hydrogen (secondary N) is 1. The fourth-order valence-corrected chi connectivity index (χ4v) is 5.27. The molecule has 1 atom stereocenters. The maximum Gasteiger partial charge on any atom is 0.193 e. The summed E-state index contributed by atoms with van der Waals surface area (Å²) in [5.74, 6) is 2.70. The molecule has 2 aliphatic heterocycles. The summed E-state index contributed by atoms with van der Waals surface area (Å²) in [7, 11) is 0. The van der Waals surface area contributed by atoms with Gasteiger partial charge in [0, 0.05) is 39.3 Å². The highest BCUT2D eigenvalue weighted by Crippen LogP contribution is 2.45. The highest BCUT2D eigenvalue weighted by atomic mass is 127. The molecule has 152 valence electrons. The SMILES string of the molecule is CCNC(=NCC1CCCN(CC(C)C)C1)N1CCC2(CCCC2)C1.I. The Morgan fingerprint density at radius 1 is 1.15 bits per heavy atom. The van der Waals surface area contributed by atoms with E-state index in [4.69, 9.17) is 4.99 Å². The Labute approximate surface area is 178 Å². The lowest BCUT2D eigenvalue weighted by Gasteiger charge is -2.33. The predicted molar refractivity (Wildman–Crippen MR) is 122 cm³/mol. The van der Waals surface area contributed by atoms with Gasteiger partial charge < -0.3 is 15.1 Å². The number of halogens is 1. The van der Waals surface area contributed by atoms with Gasteiger partial charge in [-0.2, -0.15) is 0 Å². The zero-order valence-electron chi connectivity index (χ0n) is 17.3. The fourth-order valence-electron chi connectivity index (χ4n) is 5.27. The van der Waals surface area contributed by atoms with Crippen LogP contribution in [-0.2, 0) is 0 Å². The van der Waals surface area contributed by atoms with Crippen LogP contribution in [0.3, 0.4) is 0 Å². The fraction of sp³-hybridized carbons (Fsp3) is 0.952. The van der Waals surface area contributed by atoms with Gasteiger partial charge >= 0.3 is 0 Å². The average molecular weight is 476 g/mol. The minimum Gasteiger partial charge on any atom is -0.357 e. The smallest absolute Gasteiger partial charge is 0.193 e. The van der Waals surface area contributed by atoms with Crippen molar-refractivity contribution in [1.82, 2.24) is 15.1 Å². The normalized spacial score (nSPS) is 26.5. The van der Waals surface area contributed by atoms with E-state index in [1.54, 1.807) is 0 Å². The molecule has 0 aromatic carbocycles. The number of aliphatic imine (C=N–C) groups is 1. The number of nitrogens with zero attached hydrogens (tertiary/aromatic N) is 3. The van der Waals surface area contributed by atoms with Gasteiger partial charge in [-0.3, -0.25) is 4.99 Å². The summed E-state index contributed by atoms with van der Waals surface area (Å²) >= 11 is 0. The molecule has 2 heterocycles. The van der Waals surface area contributed by atoms with E-state index < -0.39 is 0 Å². The summed E-state index contributed by atoms with van der Waals surface area (Å²) in [5, 5.41) is 3.58. The topological polar surface area (TPSA) is 30.9 Å². The van der Waals surface area contributed by atoms with E-state index in [2.05, 4.69) is 35.9 Å². The molecule has 1 N–H and O–H groups in total. The van der Waals surface area contributed by atoms with Crippen molar-refractivity contribution in [2.45, 2.75) is 65.7 Å². The van der Waals surface area contributed by atoms with Crippen LogP contribution in [-0.4, -0.2) is 61.6 Å². The molecule has 0 bridgehead atoms. The van der Waals surface area contributed by atoms with Crippen LogP contribution in [0.25, 0.3) is 0 Å². The second-order valence-corrected chi connectivity index (χ2v) is 9.23. The Hall–Kier alpha value is -0.0400. The first-order chi connectivity index (χ1) is 12.1. The van der Waals surface area contributed by atoms with Gasteiger partial charge in [-0.15, -0.1) is 24.0 Å². The monoisotopic (exact) mass is 476 g/mol. The third kappa shape index (κ3) is 5.98. The lowest BCUT2D eigenvalue weighted by molar-refractivity contribution is 0.162. The van der Waals surface area contributed by atoms with E-state index in [1.165, 1.54) is 83.6 Å². The number of likely N-dealkylation sites (tertiary alicyclic amines) is 2. The number of rotatable bonds is 5. The Morgan fingerprint density at radius 2 is 1.92 bits per heavy atom. The van der Waals surface area contributed by atoms with Gasteiger partial charge in [0.25, 0.3) is 0 Å². The van der Waals surface area contributed by atoms with Crippen molar-refractivity contribution in [3.8, 4) is 0 Å². The Bertz CT molecular complexity index is 445. The molecular formula is C21H41IN4. The van der Waals surface area contributed by atoms with Crippen molar-refractivity contribution in [2.24, 2.45) is 22.2 Å². The Kier molecular flexibility index (Phi) is 8.98. The van der Waals surface area contributed by atoms with Crippen LogP contribution in [0.2, 0.25) is 0 Å². The van der Waals surface area contributed by atoms with Crippen molar-refractivity contribution in [3.63, 3.8) is 0 Å². The maximum atomic E-state index is 5.09. The first-order valence-corrected chi connectivity index (χ1v) is 10.9. The summed E-state index contributed by atoms with van der Waals surface area (Å²) in [6.07, 6.45) is 9.83. The minimum absolute atomic E-state index is 0. The molecule has 0 aromatic heterocycles. The second kappa shape index (κ2) is 10.5. The zero-order valence-corrected chi connectivity index (χ0v) is 19.6. The van der Waals surface area contributed by atoms with Crippen LogP contribution >= 0.6 is 24.0 Å². The van der Waals surface area contributed by atoms with Crippen molar-refractivity contribution in [1.29, 1.82) is 0 Å². The van der Waals surface area contributed by atoms with Crippen LogP contribution in [0, 0.1) is 17.3 Å². The van der Waals surface area contributed by atoms with Crippen LogP contribution in [0.4, 0.5) is 0 Å². The second-order valence-electron chi connectivity index (χ2n) is 9.23. The van der Waals surface area contributed by atoms with E-state index in [0.717, 1.165) is 24.9 Å². The van der Waals surface area contributed by atoms with Gasteiger partial charge in [0.2, 0.25) is 0 Å². The molecule has 2 saturated heterocycles. The molecule has 4 nitrogen and oxygen atoms in total. The highest BCUT2D eigenvalue weighted by Gasteiger charge is 2.41. The van der Waals surface area contributed by atoms with Gasteiger partial charge in [0.1, 0.15) is 0 Å². The lowest BCUT2D eigenvalue weighted by Crippen LogP contribution is -2.42. The summed E-state index contributed by atoms with van der Waals surface area (Å²) in [6.45, 7) is 15.1. The van der Waals surface area contributed by atoms with Crippen molar-refractivity contribution >= 4 is 29.9 Å². The summed E-state index contributed by atoms with van der Waals surface area (Å²) in [6, 6.07) is 0. The highest BCUT2D eigenvalue weighted by molar-refractivity contribution is 14.0. The van der Waals surface area contributed by atoms with E-state index in [-0.39, 0.29) is 24.0 Å². The van der Waals surface area contributed by atoms with Crippen LogP contribution < -0.4 is 5.32 Å². The van der Waals surface area contributed by atoms with Gasteiger partial charge in [0.15, 0.2) is 5.96 Å². The maximum absolute atomic E-state index is 5.09. The van der Waals surface area contributed by atoms with Crippen molar-refractivity contribution < 1.29 is 0 Å². The lowest BCUT2D eigenvalue weighted by atomic mass is 9.86. The predicted octanol–water partition coefficient (Wildman–Crippen LogP) is 4.20. The summed E-state index contributed by atoms with van der Waals surface area (Å²) in [5.41, 5.74) is 0.620. The largest absolute Gasteiger partial charge is 0.357 e. The quantitative estimate of drug-likeness (QED) is 0.367. The Morgan fingerprint density at radius 3 is 2.62 bits per heavy atom. The van der Waals surface area contributed by atoms with E-state index in [0.29, 0.717) is 5.41 Å². The summed E-state index contributed by atoms with van der Waals surface area (Å²) < 4.78 is 0. The molecule has 3 rings (SSSR count). The molecule has 0 radical (unpaired) electrons. The molecule has 1 aliphatic carbocycles. The first kappa shape index (κ1) is 22.3. The van der Waals surface area contributed by atoms with Gasteiger partial charge in [-0.05, 0) is 62.8 Å². The number of hydrogen-bond acceptors (Lipinski definition) is 2. The number of guanidine groups is 1. The van der Waals surface area contributed by atoms with Crippen LogP contribution in [0.1, 0.15) is 65.7 Å². The van der Waals surface area contributed by atoms with Crippen molar-refractivity contribution in [3.05, 3.63) is 0 Å². The number of piperidine rings is 1. The van der Waals surface area contributed by atoms with E-state index >= 15 is 0 Å². The van der Waals surface area contributed by atoms with Gasteiger partial charge in [-0.25, -0.2) is 0 Å².